The van der Waals surface area contributed by atoms with Crippen LogP contribution in [0.1, 0.15) is 0 Å². The predicted molar refractivity (Wildman–Crippen MR) is 63.9 cm³/mol. The Morgan fingerprint density at radius 3 is 2.47 bits per heavy atom. The Balaban J connectivity index is 2.55. The molecule has 1 nitrogen and oxygen atoms in total. The summed E-state index contributed by atoms with van der Waals surface area (Å²) in [4.78, 5) is 0. The topological polar surface area (TPSA) is 26.0 Å². The van der Waals surface area contributed by atoms with Crippen LogP contribution in [0.25, 0.3) is 11.1 Å². The van der Waals surface area contributed by atoms with Crippen molar-refractivity contribution >= 4 is 21.6 Å². The summed E-state index contributed by atoms with van der Waals surface area (Å²) in [5, 5.41) is 0. The normalized spacial score (nSPS) is 10.3. The lowest BCUT2D eigenvalue weighted by Gasteiger charge is -2.05. The van der Waals surface area contributed by atoms with Gasteiger partial charge in [-0.25, -0.2) is 4.39 Å². The zero-order chi connectivity index (χ0) is 10.8. The Labute approximate surface area is 95.9 Å². The van der Waals surface area contributed by atoms with Crippen LogP contribution in [-0.2, 0) is 0 Å². The van der Waals surface area contributed by atoms with Crippen molar-refractivity contribution in [1.29, 1.82) is 0 Å². The van der Waals surface area contributed by atoms with Crippen molar-refractivity contribution in [3.63, 3.8) is 0 Å². The second-order valence-electron chi connectivity index (χ2n) is 3.22. The number of anilines is 1. The summed E-state index contributed by atoms with van der Waals surface area (Å²) in [7, 11) is 0. The molecule has 0 spiro atoms. The van der Waals surface area contributed by atoms with Gasteiger partial charge in [0.25, 0.3) is 0 Å². The lowest BCUT2D eigenvalue weighted by Crippen LogP contribution is -1.89. The Morgan fingerprint density at radius 2 is 1.80 bits per heavy atom. The molecule has 0 aliphatic carbocycles. The van der Waals surface area contributed by atoms with Crippen LogP contribution in [0, 0.1) is 5.82 Å². The first-order valence-corrected chi connectivity index (χ1v) is 5.28. The molecule has 0 radical (unpaired) electrons. The van der Waals surface area contributed by atoms with Crippen molar-refractivity contribution in [2.24, 2.45) is 0 Å². The molecule has 2 aromatic carbocycles. The third-order valence-electron chi connectivity index (χ3n) is 2.18. The largest absolute Gasteiger partial charge is 0.398 e. The maximum absolute atomic E-state index is 13.5. The van der Waals surface area contributed by atoms with E-state index >= 15 is 0 Å². The van der Waals surface area contributed by atoms with E-state index in [0.29, 0.717) is 11.3 Å². The maximum Gasteiger partial charge on any atom is 0.131 e. The van der Waals surface area contributed by atoms with Crippen molar-refractivity contribution < 1.29 is 4.39 Å². The van der Waals surface area contributed by atoms with Gasteiger partial charge in [-0.2, -0.15) is 0 Å². The standard InChI is InChI=1S/C12H9BrFN/c13-10-6-5-8(7-12(10)15)9-3-1-2-4-11(9)14/h1-7H,15H2. The molecule has 0 saturated carbocycles. The number of rotatable bonds is 1. The van der Waals surface area contributed by atoms with Gasteiger partial charge in [0.15, 0.2) is 0 Å². The van der Waals surface area contributed by atoms with E-state index in [-0.39, 0.29) is 5.82 Å². The van der Waals surface area contributed by atoms with E-state index in [2.05, 4.69) is 15.9 Å². The molecule has 3 heteroatoms. The molecule has 0 atom stereocenters. The van der Waals surface area contributed by atoms with Gasteiger partial charge in [-0.15, -0.1) is 0 Å². The molecule has 0 unspecified atom stereocenters. The molecule has 2 N–H and O–H groups in total. The van der Waals surface area contributed by atoms with Crippen LogP contribution in [-0.4, -0.2) is 0 Å². The Bertz CT molecular complexity index is 497. The number of halogens is 2. The van der Waals surface area contributed by atoms with Gasteiger partial charge in [-0.1, -0.05) is 24.3 Å². The molecular formula is C12H9BrFN. The fraction of sp³-hybridized carbons (Fsp3) is 0. The zero-order valence-corrected chi connectivity index (χ0v) is 9.46. The monoisotopic (exact) mass is 265 g/mol. The summed E-state index contributed by atoms with van der Waals surface area (Å²) in [6.45, 7) is 0. The summed E-state index contributed by atoms with van der Waals surface area (Å²) in [6.07, 6.45) is 0. The van der Waals surface area contributed by atoms with E-state index < -0.39 is 0 Å². The molecule has 0 aliphatic heterocycles. The van der Waals surface area contributed by atoms with E-state index in [1.54, 1.807) is 24.3 Å². The lowest BCUT2D eigenvalue weighted by atomic mass is 10.0. The van der Waals surface area contributed by atoms with Gasteiger partial charge >= 0.3 is 0 Å². The minimum atomic E-state index is -0.237. The van der Waals surface area contributed by atoms with Crippen LogP contribution >= 0.6 is 15.9 Å². The highest BCUT2D eigenvalue weighted by atomic mass is 79.9. The van der Waals surface area contributed by atoms with E-state index in [1.807, 2.05) is 12.1 Å². The quantitative estimate of drug-likeness (QED) is 0.780. The average molecular weight is 266 g/mol. The highest BCUT2D eigenvalue weighted by Gasteiger charge is 2.05. The van der Waals surface area contributed by atoms with Gasteiger partial charge in [0.2, 0.25) is 0 Å². The minimum Gasteiger partial charge on any atom is -0.398 e. The van der Waals surface area contributed by atoms with Gasteiger partial charge < -0.3 is 5.73 Å². The fourth-order valence-corrected chi connectivity index (χ4v) is 1.65. The van der Waals surface area contributed by atoms with E-state index in [0.717, 1.165) is 10.0 Å². The highest BCUT2D eigenvalue weighted by Crippen LogP contribution is 2.28. The Hall–Kier alpha value is -1.35. The smallest absolute Gasteiger partial charge is 0.131 e. The summed E-state index contributed by atoms with van der Waals surface area (Å²) in [5.74, 6) is -0.237. The van der Waals surface area contributed by atoms with Gasteiger partial charge in [-0.3, -0.25) is 0 Å². The Kier molecular flexibility index (Phi) is 2.73. The molecule has 15 heavy (non-hydrogen) atoms. The lowest BCUT2D eigenvalue weighted by molar-refractivity contribution is 0.631. The minimum absolute atomic E-state index is 0.237. The van der Waals surface area contributed by atoms with Crippen molar-refractivity contribution in [2.75, 3.05) is 5.73 Å². The van der Waals surface area contributed by atoms with Gasteiger partial charge in [0, 0.05) is 15.7 Å². The molecule has 2 aromatic rings. The van der Waals surface area contributed by atoms with Crippen molar-refractivity contribution in [3.8, 4) is 11.1 Å². The van der Waals surface area contributed by atoms with Crippen molar-refractivity contribution in [1.82, 2.24) is 0 Å². The third kappa shape index (κ3) is 2.02. The number of nitrogens with two attached hydrogens (primary N) is 1. The average Bonchev–Trinajstić information content (AvgIpc) is 2.23. The van der Waals surface area contributed by atoms with E-state index in [9.17, 15) is 4.39 Å². The number of hydrogen-bond acceptors (Lipinski definition) is 1. The number of benzene rings is 2. The van der Waals surface area contributed by atoms with Crippen LogP contribution in [0.5, 0.6) is 0 Å². The first kappa shape index (κ1) is 10.2. The van der Waals surface area contributed by atoms with Crippen LogP contribution in [0.15, 0.2) is 46.9 Å². The second kappa shape index (κ2) is 4.03. The SMILES string of the molecule is Nc1cc(-c2ccccc2F)ccc1Br. The molecule has 2 rings (SSSR count). The zero-order valence-electron chi connectivity index (χ0n) is 7.87. The molecule has 0 fully saturated rings. The van der Waals surface area contributed by atoms with Gasteiger partial charge in [-0.05, 0) is 39.7 Å². The fourth-order valence-electron chi connectivity index (χ4n) is 1.41. The van der Waals surface area contributed by atoms with E-state index in [1.165, 1.54) is 6.07 Å². The molecule has 76 valence electrons. The predicted octanol–water partition coefficient (Wildman–Crippen LogP) is 3.84. The van der Waals surface area contributed by atoms with Crippen molar-refractivity contribution in [2.45, 2.75) is 0 Å². The third-order valence-corrected chi connectivity index (χ3v) is 2.90. The summed E-state index contributed by atoms with van der Waals surface area (Å²) in [6, 6.07) is 12.0. The first-order chi connectivity index (χ1) is 7.18. The summed E-state index contributed by atoms with van der Waals surface area (Å²) in [5.41, 5.74) is 7.70. The molecule has 0 aromatic heterocycles. The molecular weight excluding hydrogens is 257 g/mol. The van der Waals surface area contributed by atoms with Crippen molar-refractivity contribution in [3.05, 3.63) is 52.8 Å². The maximum atomic E-state index is 13.5. The van der Waals surface area contributed by atoms with Crippen LogP contribution in [0.4, 0.5) is 10.1 Å². The molecule has 0 bridgehead atoms. The molecule has 0 heterocycles. The first-order valence-electron chi connectivity index (χ1n) is 4.48. The molecule has 0 saturated heterocycles. The molecule has 0 aliphatic rings. The second-order valence-corrected chi connectivity index (χ2v) is 4.07. The number of nitrogen functional groups attached to an aromatic ring is 1. The number of hydrogen-bond donors (Lipinski definition) is 1. The highest BCUT2D eigenvalue weighted by molar-refractivity contribution is 9.10. The van der Waals surface area contributed by atoms with Crippen LogP contribution in [0.3, 0.4) is 0 Å². The van der Waals surface area contributed by atoms with Crippen LogP contribution < -0.4 is 5.73 Å². The molecule has 0 amide bonds. The van der Waals surface area contributed by atoms with Gasteiger partial charge in [0.1, 0.15) is 5.82 Å². The van der Waals surface area contributed by atoms with Gasteiger partial charge in [0.05, 0.1) is 0 Å². The summed E-state index contributed by atoms with van der Waals surface area (Å²) < 4.78 is 14.3. The van der Waals surface area contributed by atoms with Crippen LogP contribution in [0.2, 0.25) is 0 Å². The van der Waals surface area contributed by atoms with E-state index in [4.69, 9.17) is 5.73 Å². The Morgan fingerprint density at radius 1 is 1.07 bits per heavy atom. The summed E-state index contributed by atoms with van der Waals surface area (Å²) >= 11 is 3.30.